The fraction of sp³-hybridized carbons (Fsp3) is 0.562. The number of halogens is 1. The van der Waals surface area contributed by atoms with Crippen molar-refractivity contribution >= 4 is 30.1 Å². The van der Waals surface area contributed by atoms with Crippen LogP contribution in [-0.2, 0) is 0 Å². The average Bonchev–Trinajstić information content (AvgIpc) is 2.49. The van der Waals surface area contributed by atoms with Crippen LogP contribution in [0.15, 0.2) is 23.1 Å². The molecule has 1 saturated heterocycles. The minimum absolute atomic E-state index is 0.0340. The van der Waals surface area contributed by atoms with E-state index in [-0.39, 0.29) is 5.91 Å². The highest BCUT2D eigenvalue weighted by Gasteiger charge is 2.33. The lowest BCUT2D eigenvalue weighted by Crippen LogP contribution is -2.42. The number of nitrogens with zero attached hydrogens (tertiary/aromatic N) is 1. The Labute approximate surface area is 131 Å². The molecule has 0 radical (unpaired) electrons. The minimum Gasteiger partial charge on any atom is -0.339 e. The van der Waals surface area contributed by atoms with Crippen molar-refractivity contribution in [2.45, 2.75) is 44.4 Å². The van der Waals surface area contributed by atoms with Crippen LogP contribution in [0.4, 0.5) is 0 Å². The van der Waals surface area contributed by atoms with Crippen LogP contribution in [0.3, 0.4) is 0 Å². The van der Waals surface area contributed by atoms with Crippen LogP contribution in [0, 0.1) is 5.41 Å². The van der Waals surface area contributed by atoms with Crippen molar-refractivity contribution in [3.8, 4) is 0 Å². The Balaban J connectivity index is 2.10. The molecule has 1 fully saturated rings. The first kappa shape index (κ1) is 15.7. The number of benzene rings is 1. The fourth-order valence-electron chi connectivity index (χ4n) is 2.99. The van der Waals surface area contributed by atoms with E-state index in [1.807, 2.05) is 4.90 Å². The van der Waals surface area contributed by atoms with Crippen LogP contribution >= 0.6 is 24.2 Å². The predicted molar refractivity (Wildman–Crippen MR) is 86.9 cm³/mol. The van der Waals surface area contributed by atoms with Gasteiger partial charge >= 0.3 is 0 Å². The fourth-order valence-corrected chi connectivity index (χ4v) is 3.39. The van der Waals surface area contributed by atoms with E-state index in [4.69, 9.17) is 11.6 Å². The van der Waals surface area contributed by atoms with Gasteiger partial charge in [-0.1, -0.05) is 38.3 Å². The van der Waals surface area contributed by atoms with E-state index in [0.29, 0.717) is 16.0 Å². The highest BCUT2D eigenvalue weighted by molar-refractivity contribution is 7.80. The highest BCUT2D eigenvalue weighted by atomic mass is 35.5. The van der Waals surface area contributed by atoms with Gasteiger partial charge in [-0.25, -0.2) is 0 Å². The quantitative estimate of drug-likeness (QED) is 0.804. The van der Waals surface area contributed by atoms with Gasteiger partial charge in [0.05, 0.1) is 10.6 Å². The third-order valence-corrected chi connectivity index (χ3v) is 5.40. The number of rotatable bonds is 3. The molecule has 0 unspecified atom stereocenters. The molecule has 0 spiro atoms. The summed E-state index contributed by atoms with van der Waals surface area (Å²) in [5.74, 6) is 0.0340. The van der Waals surface area contributed by atoms with E-state index in [1.54, 1.807) is 18.2 Å². The summed E-state index contributed by atoms with van der Waals surface area (Å²) in [7, 11) is 0. The zero-order chi connectivity index (χ0) is 14.8. The second-order valence-electron chi connectivity index (χ2n) is 5.66. The van der Waals surface area contributed by atoms with Crippen LogP contribution < -0.4 is 0 Å². The minimum atomic E-state index is 0.0340. The Morgan fingerprint density at radius 1 is 1.30 bits per heavy atom. The molecule has 20 heavy (non-hydrogen) atoms. The predicted octanol–water partition coefficient (Wildman–Crippen LogP) is 4.67. The molecule has 0 bridgehead atoms. The first-order valence-corrected chi connectivity index (χ1v) is 8.11. The SMILES string of the molecule is CCC1(CC)CCN(C(=O)c2cc(S)ccc2Cl)CC1. The van der Waals surface area contributed by atoms with Crippen LogP contribution in [0.5, 0.6) is 0 Å². The molecule has 0 aromatic heterocycles. The van der Waals surface area contributed by atoms with Crippen molar-refractivity contribution in [1.82, 2.24) is 4.90 Å². The summed E-state index contributed by atoms with van der Waals surface area (Å²) in [4.78, 5) is 15.3. The van der Waals surface area contributed by atoms with Crippen LogP contribution in [0.2, 0.25) is 5.02 Å². The monoisotopic (exact) mass is 311 g/mol. The van der Waals surface area contributed by atoms with Crippen LogP contribution in [0.1, 0.15) is 49.9 Å². The molecule has 2 nitrogen and oxygen atoms in total. The summed E-state index contributed by atoms with van der Waals surface area (Å²) in [6, 6.07) is 5.30. The van der Waals surface area contributed by atoms with Crippen molar-refractivity contribution in [1.29, 1.82) is 0 Å². The zero-order valence-corrected chi connectivity index (χ0v) is 13.8. The summed E-state index contributed by atoms with van der Waals surface area (Å²) in [6.07, 6.45) is 4.56. The maximum absolute atomic E-state index is 12.6. The van der Waals surface area contributed by atoms with Gasteiger partial charge in [0.25, 0.3) is 5.91 Å². The molecular weight excluding hydrogens is 290 g/mol. The lowest BCUT2D eigenvalue weighted by Gasteiger charge is -2.41. The maximum Gasteiger partial charge on any atom is 0.255 e. The van der Waals surface area contributed by atoms with E-state index < -0.39 is 0 Å². The first-order valence-electron chi connectivity index (χ1n) is 7.29. The Hall–Kier alpha value is -0.670. The van der Waals surface area contributed by atoms with Gasteiger partial charge in [0, 0.05) is 18.0 Å². The van der Waals surface area contributed by atoms with E-state index in [1.165, 1.54) is 12.8 Å². The number of piperidine rings is 1. The van der Waals surface area contributed by atoms with Gasteiger partial charge in [0.1, 0.15) is 0 Å². The van der Waals surface area contributed by atoms with Gasteiger partial charge in [0.2, 0.25) is 0 Å². The summed E-state index contributed by atoms with van der Waals surface area (Å²) >= 11 is 10.4. The van der Waals surface area contributed by atoms with Crippen LogP contribution in [-0.4, -0.2) is 23.9 Å². The first-order chi connectivity index (χ1) is 9.51. The van der Waals surface area contributed by atoms with E-state index in [9.17, 15) is 4.79 Å². The van der Waals surface area contributed by atoms with Crippen molar-refractivity contribution < 1.29 is 4.79 Å². The van der Waals surface area contributed by atoms with Gasteiger partial charge in [0.15, 0.2) is 0 Å². The van der Waals surface area contributed by atoms with Crippen LogP contribution in [0.25, 0.3) is 0 Å². The summed E-state index contributed by atoms with van der Waals surface area (Å²) in [5.41, 5.74) is 0.992. The smallest absolute Gasteiger partial charge is 0.255 e. The number of amides is 1. The average molecular weight is 312 g/mol. The molecule has 2 rings (SSSR count). The summed E-state index contributed by atoms with van der Waals surface area (Å²) < 4.78 is 0. The largest absolute Gasteiger partial charge is 0.339 e. The molecule has 1 heterocycles. The lowest BCUT2D eigenvalue weighted by molar-refractivity contribution is 0.0557. The third kappa shape index (κ3) is 3.15. The van der Waals surface area contributed by atoms with Gasteiger partial charge in [-0.05, 0) is 36.5 Å². The summed E-state index contributed by atoms with van der Waals surface area (Å²) in [5, 5.41) is 0.510. The van der Waals surface area contributed by atoms with Crippen molar-refractivity contribution in [2.24, 2.45) is 5.41 Å². The second-order valence-corrected chi connectivity index (χ2v) is 6.59. The molecule has 0 saturated carbocycles. The van der Waals surface area contributed by atoms with E-state index >= 15 is 0 Å². The number of likely N-dealkylation sites (tertiary alicyclic amines) is 1. The topological polar surface area (TPSA) is 20.3 Å². The molecule has 0 atom stereocenters. The Morgan fingerprint density at radius 2 is 1.90 bits per heavy atom. The van der Waals surface area contributed by atoms with Crippen molar-refractivity contribution in [3.63, 3.8) is 0 Å². The molecule has 1 aromatic rings. The Kier molecular flexibility index (Phi) is 5.03. The number of hydrogen-bond donors (Lipinski definition) is 1. The Morgan fingerprint density at radius 3 is 2.45 bits per heavy atom. The van der Waals surface area contributed by atoms with Crippen molar-refractivity contribution in [3.05, 3.63) is 28.8 Å². The molecule has 0 aliphatic carbocycles. The molecule has 1 aromatic carbocycles. The van der Waals surface area contributed by atoms with Gasteiger partial charge < -0.3 is 4.90 Å². The molecule has 110 valence electrons. The zero-order valence-electron chi connectivity index (χ0n) is 12.2. The number of carbonyl (C=O) groups is 1. The third-order valence-electron chi connectivity index (χ3n) is 4.79. The maximum atomic E-state index is 12.6. The van der Waals surface area contributed by atoms with Gasteiger partial charge in [-0.3, -0.25) is 4.79 Å². The number of hydrogen-bond acceptors (Lipinski definition) is 2. The summed E-state index contributed by atoms with van der Waals surface area (Å²) in [6.45, 7) is 6.16. The molecule has 1 amide bonds. The molecular formula is C16H22ClNOS. The van der Waals surface area contributed by atoms with Crippen molar-refractivity contribution in [2.75, 3.05) is 13.1 Å². The van der Waals surface area contributed by atoms with E-state index in [2.05, 4.69) is 26.5 Å². The molecule has 0 N–H and O–H groups in total. The van der Waals surface area contributed by atoms with Gasteiger partial charge in [-0.2, -0.15) is 0 Å². The molecule has 1 aliphatic rings. The number of carbonyl (C=O) groups excluding carboxylic acids is 1. The standard InChI is InChI=1S/C16H22ClNOS/c1-3-16(4-2)7-9-18(10-8-16)15(19)13-11-12(20)5-6-14(13)17/h5-6,11,20H,3-4,7-10H2,1-2H3. The number of thiol groups is 1. The Bertz CT molecular complexity index is 489. The normalized spacial score (nSPS) is 18.1. The molecule has 1 aliphatic heterocycles. The molecule has 4 heteroatoms. The van der Waals surface area contributed by atoms with E-state index in [0.717, 1.165) is 30.8 Å². The van der Waals surface area contributed by atoms with Gasteiger partial charge in [-0.15, -0.1) is 12.6 Å². The highest BCUT2D eigenvalue weighted by Crippen LogP contribution is 2.38. The lowest BCUT2D eigenvalue weighted by atomic mass is 9.74. The second kappa shape index (κ2) is 6.40.